The quantitative estimate of drug-likeness (QED) is 0.860. The van der Waals surface area contributed by atoms with Crippen LogP contribution >= 0.6 is 0 Å². The van der Waals surface area contributed by atoms with E-state index in [1.807, 2.05) is 0 Å². The lowest BCUT2D eigenvalue weighted by molar-refractivity contribution is 0.148. The van der Waals surface area contributed by atoms with Gasteiger partial charge in [0.2, 0.25) is 0 Å². The summed E-state index contributed by atoms with van der Waals surface area (Å²) in [5, 5.41) is 0. The fraction of sp³-hybridized carbons (Fsp3) is 0.474. The molecule has 0 radical (unpaired) electrons. The summed E-state index contributed by atoms with van der Waals surface area (Å²) < 4.78 is 2.45. The highest BCUT2D eigenvalue weighted by Gasteiger charge is 2.17. The second kappa shape index (κ2) is 6.67. The first-order valence-corrected chi connectivity index (χ1v) is 8.24. The molecule has 1 aliphatic heterocycles. The van der Waals surface area contributed by atoms with Crippen LogP contribution in [0.1, 0.15) is 22.5 Å². The van der Waals surface area contributed by atoms with Crippen LogP contribution in [-0.4, -0.2) is 47.6 Å². The number of piperazine rings is 1. The zero-order valence-corrected chi connectivity index (χ0v) is 14.0. The van der Waals surface area contributed by atoms with Crippen molar-refractivity contribution in [2.45, 2.75) is 26.9 Å². The lowest BCUT2D eigenvalue weighted by atomic mass is 10.2. The van der Waals surface area contributed by atoms with Gasteiger partial charge in [-0.15, -0.1) is 0 Å². The molecular weight excluding hydrogens is 270 g/mol. The third-order valence-electron chi connectivity index (χ3n) is 4.85. The SMILES string of the molecule is Cc1cc(CN2CCN(C)CC2)c(C)n1Cc1ccccc1. The first-order chi connectivity index (χ1) is 10.6. The Morgan fingerprint density at radius 1 is 0.909 bits per heavy atom. The van der Waals surface area contributed by atoms with E-state index in [4.69, 9.17) is 0 Å². The van der Waals surface area contributed by atoms with E-state index in [2.05, 4.69) is 71.7 Å². The minimum Gasteiger partial charge on any atom is -0.344 e. The third-order valence-corrected chi connectivity index (χ3v) is 4.85. The predicted octanol–water partition coefficient (Wildman–Crippen LogP) is 2.90. The molecule has 3 heteroatoms. The number of rotatable bonds is 4. The van der Waals surface area contributed by atoms with E-state index >= 15 is 0 Å². The Balaban J connectivity index is 1.72. The number of aryl methyl sites for hydroxylation is 1. The Bertz CT molecular complexity index is 607. The third kappa shape index (κ3) is 3.42. The second-order valence-electron chi connectivity index (χ2n) is 6.55. The Morgan fingerprint density at radius 3 is 2.27 bits per heavy atom. The molecule has 3 rings (SSSR count). The Kier molecular flexibility index (Phi) is 4.65. The van der Waals surface area contributed by atoms with Gasteiger partial charge in [-0.25, -0.2) is 0 Å². The van der Waals surface area contributed by atoms with Gasteiger partial charge < -0.3 is 9.47 Å². The maximum atomic E-state index is 2.58. The van der Waals surface area contributed by atoms with E-state index in [0.29, 0.717) is 0 Å². The summed E-state index contributed by atoms with van der Waals surface area (Å²) in [5.74, 6) is 0. The van der Waals surface area contributed by atoms with Crippen molar-refractivity contribution in [3.63, 3.8) is 0 Å². The lowest BCUT2D eigenvalue weighted by Crippen LogP contribution is -2.43. The summed E-state index contributed by atoms with van der Waals surface area (Å²) in [6, 6.07) is 13.1. The average molecular weight is 297 g/mol. The van der Waals surface area contributed by atoms with E-state index in [0.717, 1.165) is 13.1 Å². The van der Waals surface area contributed by atoms with E-state index < -0.39 is 0 Å². The normalized spacial score (nSPS) is 17.0. The molecule has 1 fully saturated rings. The van der Waals surface area contributed by atoms with Crippen molar-refractivity contribution in [2.75, 3.05) is 33.2 Å². The van der Waals surface area contributed by atoms with Crippen molar-refractivity contribution < 1.29 is 0 Å². The summed E-state index contributed by atoms with van der Waals surface area (Å²) in [6.45, 7) is 11.3. The number of nitrogens with zero attached hydrogens (tertiary/aromatic N) is 3. The lowest BCUT2D eigenvalue weighted by Gasteiger charge is -2.32. The smallest absolute Gasteiger partial charge is 0.0475 e. The van der Waals surface area contributed by atoms with Crippen LogP contribution in [0.3, 0.4) is 0 Å². The van der Waals surface area contributed by atoms with Crippen LogP contribution in [0.15, 0.2) is 36.4 Å². The van der Waals surface area contributed by atoms with Crippen molar-refractivity contribution >= 4 is 0 Å². The zero-order chi connectivity index (χ0) is 15.5. The summed E-state index contributed by atoms with van der Waals surface area (Å²) in [6.07, 6.45) is 0. The fourth-order valence-corrected chi connectivity index (χ4v) is 3.29. The molecule has 1 aromatic carbocycles. The van der Waals surface area contributed by atoms with Crippen molar-refractivity contribution in [2.24, 2.45) is 0 Å². The summed E-state index contributed by atoms with van der Waals surface area (Å²) in [7, 11) is 2.21. The van der Waals surface area contributed by atoms with Gasteiger partial charge in [-0.1, -0.05) is 30.3 Å². The van der Waals surface area contributed by atoms with Crippen molar-refractivity contribution in [3.05, 3.63) is 58.9 Å². The van der Waals surface area contributed by atoms with Gasteiger partial charge in [0.05, 0.1) is 0 Å². The molecule has 2 heterocycles. The maximum Gasteiger partial charge on any atom is 0.0475 e. The number of aromatic nitrogens is 1. The zero-order valence-electron chi connectivity index (χ0n) is 14.0. The molecule has 0 aliphatic carbocycles. The molecule has 0 amide bonds. The molecule has 1 aromatic heterocycles. The van der Waals surface area contributed by atoms with Crippen molar-refractivity contribution in [3.8, 4) is 0 Å². The van der Waals surface area contributed by atoms with Gasteiger partial charge in [0.15, 0.2) is 0 Å². The van der Waals surface area contributed by atoms with Crippen LogP contribution in [0.4, 0.5) is 0 Å². The van der Waals surface area contributed by atoms with Gasteiger partial charge in [0.1, 0.15) is 0 Å². The van der Waals surface area contributed by atoms with Gasteiger partial charge in [0.25, 0.3) is 0 Å². The van der Waals surface area contributed by atoms with Crippen LogP contribution in [0.2, 0.25) is 0 Å². The molecule has 2 aromatic rings. The second-order valence-corrected chi connectivity index (χ2v) is 6.55. The number of hydrogen-bond acceptors (Lipinski definition) is 2. The molecule has 0 N–H and O–H groups in total. The monoisotopic (exact) mass is 297 g/mol. The minimum absolute atomic E-state index is 0.973. The molecular formula is C19H27N3. The molecule has 0 atom stereocenters. The molecule has 118 valence electrons. The summed E-state index contributed by atoms with van der Waals surface area (Å²) >= 11 is 0. The molecule has 0 unspecified atom stereocenters. The van der Waals surface area contributed by atoms with Gasteiger partial charge in [-0.3, -0.25) is 4.90 Å². The highest BCUT2D eigenvalue weighted by molar-refractivity contribution is 5.28. The Hall–Kier alpha value is -1.58. The van der Waals surface area contributed by atoms with Crippen molar-refractivity contribution in [1.29, 1.82) is 0 Å². The number of benzene rings is 1. The number of likely N-dealkylation sites (N-methyl/N-ethyl adjacent to an activating group) is 1. The van der Waals surface area contributed by atoms with E-state index in [-0.39, 0.29) is 0 Å². The molecule has 3 nitrogen and oxygen atoms in total. The van der Waals surface area contributed by atoms with E-state index in [1.165, 1.54) is 48.7 Å². The van der Waals surface area contributed by atoms with Gasteiger partial charge >= 0.3 is 0 Å². The average Bonchev–Trinajstić information content (AvgIpc) is 2.78. The highest BCUT2D eigenvalue weighted by atomic mass is 15.2. The predicted molar refractivity (Wildman–Crippen MR) is 92.2 cm³/mol. The topological polar surface area (TPSA) is 11.4 Å². The fourth-order valence-electron chi connectivity index (χ4n) is 3.29. The molecule has 22 heavy (non-hydrogen) atoms. The molecule has 0 bridgehead atoms. The summed E-state index contributed by atoms with van der Waals surface area (Å²) in [4.78, 5) is 4.99. The first kappa shape index (κ1) is 15.3. The van der Waals surface area contributed by atoms with Crippen LogP contribution < -0.4 is 0 Å². The number of hydrogen-bond donors (Lipinski definition) is 0. The molecule has 0 spiro atoms. The van der Waals surface area contributed by atoms with Crippen LogP contribution in [0, 0.1) is 13.8 Å². The van der Waals surface area contributed by atoms with Gasteiger partial charge in [-0.2, -0.15) is 0 Å². The van der Waals surface area contributed by atoms with E-state index in [9.17, 15) is 0 Å². The maximum absolute atomic E-state index is 2.58. The Morgan fingerprint density at radius 2 is 1.59 bits per heavy atom. The van der Waals surface area contributed by atoms with Crippen LogP contribution in [-0.2, 0) is 13.1 Å². The minimum atomic E-state index is 0.973. The molecule has 0 saturated carbocycles. The van der Waals surface area contributed by atoms with Gasteiger partial charge in [0, 0.05) is 50.7 Å². The van der Waals surface area contributed by atoms with E-state index in [1.54, 1.807) is 0 Å². The summed E-state index contributed by atoms with van der Waals surface area (Å²) in [5.41, 5.74) is 5.64. The largest absolute Gasteiger partial charge is 0.344 e. The first-order valence-electron chi connectivity index (χ1n) is 8.24. The van der Waals surface area contributed by atoms with Crippen molar-refractivity contribution in [1.82, 2.24) is 14.4 Å². The van der Waals surface area contributed by atoms with Gasteiger partial charge in [-0.05, 0) is 38.1 Å². The molecule has 1 aliphatic rings. The standard InChI is InChI=1S/C19H27N3/c1-16-13-19(15-21-11-9-20(3)10-12-21)17(2)22(16)14-18-7-5-4-6-8-18/h4-8,13H,9-12,14-15H2,1-3H3. The van der Waals surface area contributed by atoms with Crippen LogP contribution in [0.25, 0.3) is 0 Å². The molecule has 1 saturated heterocycles. The Labute approximate surface area is 134 Å². The van der Waals surface area contributed by atoms with Crippen LogP contribution in [0.5, 0.6) is 0 Å². The highest BCUT2D eigenvalue weighted by Crippen LogP contribution is 2.19.